The van der Waals surface area contributed by atoms with Crippen LogP contribution >= 0.6 is 11.8 Å². The van der Waals surface area contributed by atoms with Gasteiger partial charge in [-0.1, -0.05) is 12.1 Å². The van der Waals surface area contributed by atoms with Crippen LogP contribution in [0.1, 0.15) is 18.5 Å². The summed E-state index contributed by atoms with van der Waals surface area (Å²) in [4.78, 5) is 22.2. The Balaban J connectivity index is 1.93. The van der Waals surface area contributed by atoms with E-state index < -0.39 is 4.92 Å². The Labute approximate surface area is 137 Å². The molecule has 8 heteroatoms. The van der Waals surface area contributed by atoms with Crippen LogP contribution in [0.5, 0.6) is 0 Å². The molecule has 2 rings (SSSR count). The molecule has 0 saturated carbocycles. The maximum Gasteiger partial charge on any atom is 0.269 e. The van der Waals surface area contributed by atoms with Gasteiger partial charge in [-0.2, -0.15) is 4.73 Å². The molecule has 1 aromatic heterocycles. The number of thioether (sulfide) groups is 1. The van der Waals surface area contributed by atoms with Gasteiger partial charge in [0.15, 0.2) is 6.20 Å². The number of nitro groups is 1. The van der Waals surface area contributed by atoms with Crippen LogP contribution in [0.15, 0.2) is 53.7 Å². The average molecular weight is 333 g/mol. The SMILES string of the molecule is C[C@@H](NC(=O)CSc1cccc[n+]1[O-])c1cccc([N+](=O)[O-])c1. The van der Waals surface area contributed by atoms with Crippen LogP contribution in [0.25, 0.3) is 0 Å². The molecule has 0 aliphatic carbocycles. The Kier molecular flexibility index (Phi) is 5.53. The van der Waals surface area contributed by atoms with Crippen molar-refractivity contribution >= 4 is 23.4 Å². The molecule has 1 heterocycles. The number of nitrogens with one attached hydrogen (secondary N) is 1. The summed E-state index contributed by atoms with van der Waals surface area (Å²) in [5, 5.41) is 25.4. The summed E-state index contributed by atoms with van der Waals surface area (Å²) in [5.41, 5.74) is 0.630. The van der Waals surface area contributed by atoms with Crippen LogP contribution in [0.4, 0.5) is 5.69 Å². The zero-order valence-electron chi connectivity index (χ0n) is 12.3. The van der Waals surface area contributed by atoms with Gasteiger partial charge in [0.05, 0.1) is 16.7 Å². The summed E-state index contributed by atoms with van der Waals surface area (Å²) >= 11 is 1.13. The first-order valence-corrected chi connectivity index (χ1v) is 7.80. The molecule has 0 bridgehead atoms. The van der Waals surface area contributed by atoms with E-state index in [0.29, 0.717) is 15.3 Å². The molecule has 0 radical (unpaired) electrons. The number of nitro benzene ring substituents is 1. The van der Waals surface area contributed by atoms with Crippen molar-refractivity contribution in [3.8, 4) is 0 Å². The van der Waals surface area contributed by atoms with Crippen molar-refractivity contribution in [1.29, 1.82) is 0 Å². The Bertz CT molecular complexity index is 723. The molecule has 0 unspecified atom stereocenters. The maximum absolute atomic E-state index is 12.0. The molecule has 0 fully saturated rings. The highest BCUT2D eigenvalue weighted by atomic mass is 32.2. The summed E-state index contributed by atoms with van der Waals surface area (Å²) in [6, 6.07) is 10.7. The Morgan fingerprint density at radius 1 is 1.35 bits per heavy atom. The van der Waals surface area contributed by atoms with Crippen molar-refractivity contribution in [3.63, 3.8) is 0 Å². The van der Waals surface area contributed by atoms with Crippen LogP contribution in [-0.2, 0) is 4.79 Å². The highest BCUT2D eigenvalue weighted by Gasteiger charge is 2.14. The number of amides is 1. The lowest BCUT2D eigenvalue weighted by molar-refractivity contribution is -0.645. The summed E-state index contributed by atoms with van der Waals surface area (Å²) in [7, 11) is 0. The molecule has 0 saturated heterocycles. The van der Waals surface area contributed by atoms with Gasteiger partial charge >= 0.3 is 0 Å². The number of carbonyl (C=O) groups is 1. The predicted octanol–water partition coefficient (Wildman–Crippen LogP) is 2.20. The van der Waals surface area contributed by atoms with Gasteiger partial charge in [-0.25, -0.2) is 0 Å². The highest BCUT2D eigenvalue weighted by molar-refractivity contribution is 7.99. The van der Waals surface area contributed by atoms with E-state index in [1.807, 2.05) is 0 Å². The van der Waals surface area contributed by atoms with Crippen molar-refractivity contribution in [3.05, 3.63) is 69.5 Å². The fourth-order valence-corrected chi connectivity index (χ4v) is 2.66. The zero-order chi connectivity index (χ0) is 16.8. The number of pyridine rings is 1. The lowest BCUT2D eigenvalue weighted by atomic mass is 10.1. The lowest BCUT2D eigenvalue weighted by Crippen LogP contribution is -2.31. The minimum Gasteiger partial charge on any atom is -0.618 e. The molecule has 23 heavy (non-hydrogen) atoms. The number of hydrogen-bond donors (Lipinski definition) is 1. The topological polar surface area (TPSA) is 99.2 Å². The minimum atomic E-state index is -0.476. The third-order valence-electron chi connectivity index (χ3n) is 3.10. The molecule has 0 aliphatic heterocycles. The number of rotatable bonds is 6. The molecular formula is C15H15N3O4S. The van der Waals surface area contributed by atoms with E-state index in [1.54, 1.807) is 37.3 Å². The average Bonchev–Trinajstić information content (AvgIpc) is 2.54. The molecule has 1 N–H and O–H groups in total. The maximum atomic E-state index is 12.0. The van der Waals surface area contributed by atoms with Crippen molar-refractivity contribution in [2.24, 2.45) is 0 Å². The molecule has 2 aromatic rings. The van der Waals surface area contributed by atoms with Gasteiger partial charge in [0, 0.05) is 24.3 Å². The third-order valence-corrected chi connectivity index (χ3v) is 4.12. The van der Waals surface area contributed by atoms with Crippen molar-refractivity contribution in [2.45, 2.75) is 18.0 Å². The molecule has 1 aromatic carbocycles. The van der Waals surface area contributed by atoms with Gasteiger partial charge in [-0.3, -0.25) is 14.9 Å². The number of non-ortho nitro benzene ring substituents is 1. The lowest BCUT2D eigenvalue weighted by Gasteiger charge is -2.14. The molecule has 0 aliphatic rings. The Morgan fingerprint density at radius 2 is 2.13 bits per heavy atom. The predicted molar refractivity (Wildman–Crippen MR) is 85.8 cm³/mol. The van der Waals surface area contributed by atoms with Crippen LogP contribution in [0.3, 0.4) is 0 Å². The summed E-state index contributed by atoms with van der Waals surface area (Å²) in [5.74, 6) is -0.163. The van der Waals surface area contributed by atoms with Crippen LogP contribution in [0, 0.1) is 15.3 Å². The van der Waals surface area contributed by atoms with Crippen LogP contribution in [0.2, 0.25) is 0 Å². The number of carbonyl (C=O) groups excluding carboxylic acids is 1. The van der Waals surface area contributed by atoms with Gasteiger partial charge < -0.3 is 10.5 Å². The van der Waals surface area contributed by atoms with Crippen molar-refractivity contribution in [2.75, 3.05) is 5.75 Å². The molecule has 1 amide bonds. The van der Waals surface area contributed by atoms with E-state index in [0.717, 1.165) is 11.8 Å². The van der Waals surface area contributed by atoms with Gasteiger partial charge in [-0.05, 0) is 30.3 Å². The van der Waals surface area contributed by atoms with E-state index in [4.69, 9.17) is 0 Å². The second-order valence-corrected chi connectivity index (χ2v) is 5.79. The fourth-order valence-electron chi connectivity index (χ4n) is 1.94. The van der Waals surface area contributed by atoms with Crippen LogP contribution < -0.4 is 10.0 Å². The summed E-state index contributed by atoms with van der Waals surface area (Å²) in [6.07, 6.45) is 1.37. The van der Waals surface area contributed by atoms with Gasteiger partial charge in [0.2, 0.25) is 5.91 Å². The zero-order valence-corrected chi connectivity index (χ0v) is 13.2. The largest absolute Gasteiger partial charge is 0.618 e. The minimum absolute atomic E-state index is 0.0188. The number of nitrogens with zero attached hydrogens (tertiary/aromatic N) is 2. The second-order valence-electron chi connectivity index (χ2n) is 4.79. The smallest absolute Gasteiger partial charge is 0.269 e. The molecule has 0 spiro atoms. The van der Waals surface area contributed by atoms with E-state index in [1.165, 1.54) is 18.3 Å². The van der Waals surface area contributed by atoms with E-state index in [-0.39, 0.29) is 23.4 Å². The van der Waals surface area contributed by atoms with Gasteiger partial charge in [0.25, 0.3) is 10.7 Å². The number of benzene rings is 1. The van der Waals surface area contributed by atoms with E-state index in [2.05, 4.69) is 5.32 Å². The van der Waals surface area contributed by atoms with E-state index in [9.17, 15) is 20.1 Å². The van der Waals surface area contributed by atoms with Crippen LogP contribution in [-0.4, -0.2) is 16.6 Å². The standard InChI is InChI=1S/C15H15N3O4S/c1-11(12-5-4-6-13(9-12)18(21)22)16-14(19)10-23-15-7-2-3-8-17(15)20/h2-9,11H,10H2,1H3,(H,16,19)/t11-/m1/s1. The fraction of sp³-hybridized carbons (Fsp3) is 0.200. The first-order valence-electron chi connectivity index (χ1n) is 6.82. The first-order chi connectivity index (χ1) is 11.0. The number of aromatic nitrogens is 1. The highest BCUT2D eigenvalue weighted by Crippen LogP contribution is 2.19. The second kappa shape index (κ2) is 7.59. The molecule has 7 nitrogen and oxygen atoms in total. The molecule has 120 valence electrons. The molecular weight excluding hydrogens is 318 g/mol. The quantitative estimate of drug-likeness (QED) is 0.287. The first kappa shape index (κ1) is 16.8. The molecule has 1 atom stereocenters. The van der Waals surface area contributed by atoms with Crippen molar-refractivity contribution < 1.29 is 14.4 Å². The van der Waals surface area contributed by atoms with Gasteiger partial charge in [-0.15, -0.1) is 0 Å². The summed E-state index contributed by atoms with van der Waals surface area (Å²) < 4.78 is 0.696. The van der Waals surface area contributed by atoms with Gasteiger partial charge in [0.1, 0.15) is 0 Å². The van der Waals surface area contributed by atoms with Crippen molar-refractivity contribution in [1.82, 2.24) is 5.32 Å². The Morgan fingerprint density at radius 3 is 2.83 bits per heavy atom. The Hall–Kier alpha value is -2.61. The van der Waals surface area contributed by atoms with E-state index >= 15 is 0 Å². The monoisotopic (exact) mass is 333 g/mol. The number of hydrogen-bond acceptors (Lipinski definition) is 5. The normalized spacial score (nSPS) is 11.7. The summed E-state index contributed by atoms with van der Waals surface area (Å²) in [6.45, 7) is 1.75. The third kappa shape index (κ3) is 4.68.